The Balaban J connectivity index is 1.53. The van der Waals surface area contributed by atoms with E-state index >= 15 is 0 Å². The third kappa shape index (κ3) is 3.85. The average molecular weight is 326 g/mol. The van der Waals surface area contributed by atoms with Gasteiger partial charge in [0.15, 0.2) is 5.82 Å². The number of nitrogens with zero attached hydrogens (tertiary/aromatic N) is 3. The minimum Gasteiger partial charge on any atom is -0.496 e. The Labute approximate surface area is 143 Å². The maximum absolute atomic E-state index is 5.36. The molecule has 0 aliphatic carbocycles. The number of fused-ring (bicyclic) bond motifs is 1. The van der Waals surface area contributed by atoms with Gasteiger partial charge in [-0.25, -0.2) is 9.67 Å². The van der Waals surface area contributed by atoms with Crippen LogP contribution in [0, 0.1) is 0 Å². The van der Waals surface area contributed by atoms with Gasteiger partial charge in [0.05, 0.1) is 13.7 Å². The molecular formula is C19H26N4O. The molecule has 1 atom stereocenters. The number of para-hydroxylation sites is 1. The summed E-state index contributed by atoms with van der Waals surface area (Å²) in [5, 5.41) is 8.22. The quantitative estimate of drug-likeness (QED) is 0.886. The molecule has 0 spiro atoms. The van der Waals surface area contributed by atoms with E-state index in [2.05, 4.69) is 52.1 Å². The molecule has 0 saturated carbocycles. The number of aryl methyl sites for hydroxylation is 1. The van der Waals surface area contributed by atoms with Crippen molar-refractivity contribution in [3.8, 4) is 5.75 Å². The van der Waals surface area contributed by atoms with Crippen molar-refractivity contribution in [1.29, 1.82) is 0 Å². The largest absolute Gasteiger partial charge is 0.496 e. The Kier molecular flexibility index (Phi) is 5.30. The lowest BCUT2D eigenvalue weighted by molar-refractivity contribution is 0.369. The Bertz CT molecular complexity index is 705. The predicted molar refractivity (Wildman–Crippen MR) is 96.3 cm³/mol. The first-order valence-corrected chi connectivity index (χ1v) is 8.64. The maximum atomic E-state index is 5.36. The molecule has 0 fully saturated rings. The summed E-state index contributed by atoms with van der Waals surface area (Å²) < 4.78 is 7.43. The third-order valence-electron chi connectivity index (χ3n) is 4.35. The minimum atomic E-state index is 0.387. The molecular weight excluding hydrogens is 300 g/mol. The van der Waals surface area contributed by atoms with Gasteiger partial charge in [-0.15, -0.1) is 0 Å². The second-order valence-corrected chi connectivity index (χ2v) is 6.51. The zero-order valence-corrected chi connectivity index (χ0v) is 14.7. The van der Waals surface area contributed by atoms with Crippen molar-refractivity contribution >= 4 is 6.08 Å². The Hall–Kier alpha value is -2.14. The Morgan fingerprint density at radius 2 is 2.21 bits per heavy atom. The van der Waals surface area contributed by atoms with E-state index in [1.54, 1.807) is 7.11 Å². The smallest absolute Gasteiger partial charge is 0.153 e. The molecule has 1 aromatic heterocycles. The number of rotatable bonds is 6. The summed E-state index contributed by atoms with van der Waals surface area (Å²) in [7, 11) is 1.70. The predicted octanol–water partition coefficient (Wildman–Crippen LogP) is 3.03. The second kappa shape index (κ2) is 7.62. The molecule has 0 bridgehead atoms. The van der Waals surface area contributed by atoms with Crippen LogP contribution in [0.2, 0.25) is 0 Å². The van der Waals surface area contributed by atoms with E-state index in [-0.39, 0.29) is 0 Å². The summed E-state index contributed by atoms with van der Waals surface area (Å²) >= 11 is 0. The molecule has 1 aromatic carbocycles. The first-order chi connectivity index (χ1) is 11.7. The Morgan fingerprint density at radius 1 is 1.38 bits per heavy atom. The van der Waals surface area contributed by atoms with Crippen LogP contribution in [-0.4, -0.2) is 34.5 Å². The number of aromatic nitrogens is 3. The van der Waals surface area contributed by atoms with Gasteiger partial charge in [-0.2, -0.15) is 5.10 Å². The van der Waals surface area contributed by atoms with Gasteiger partial charge in [-0.05, 0) is 12.5 Å². The van der Waals surface area contributed by atoms with Crippen molar-refractivity contribution in [3.63, 3.8) is 0 Å². The third-order valence-corrected chi connectivity index (χ3v) is 4.35. The fraction of sp³-hybridized carbons (Fsp3) is 0.474. The van der Waals surface area contributed by atoms with Gasteiger partial charge < -0.3 is 10.1 Å². The van der Waals surface area contributed by atoms with E-state index < -0.39 is 0 Å². The zero-order chi connectivity index (χ0) is 16.9. The van der Waals surface area contributed by atoms with Crippen molar-refractivity contribution < 1.29 is 4.74 Å². The summed E-state index contributed by atoms with van der Waals surface area (Å²) in [5.74, 6) is 3.38. The number of nitrogens with one attached hydrogen (secondary N) is 1. The van der Waals surface area contributed by atoms with Gasteiger partial charge in [0.2, 0.25) is 0 Å². The van der Waals surface area contributed by atoms with Crippen LogP contribution in [-0.2, 0) is 13.0 Å². The van der Waals surface area contributed by atoms with Gasteiger partial charge in [-0.1, -0.05) is 44.2 Å². The van der Waals surface area contributed by atoms with E-state index in [9.17, 15) is 0 Å². The van der Waals surface area contributed by atoms with E-state index in [1.807, 2.05) is 18.2 Å². The number of benzene rings is 1. The lowest BCUT2D eigenvalue weighted by Crippen LogP contribution is -2.37. The first-order valence-electron chi connectivity index (χ1n) is 8.64. The normalized spacial score (nSPS) is 17.4. The summed E-state index contributed by atoms with van der Waals surface area (Å²) in [6.45, 7) is 6.01. The van der Waals surface area contributed by atoms with Crippen molar-refractivity contribution in [2.75, 3.05) is 13.7 Å². The highest BCUT2D eigenvalue weighted by atomic mass is 16.5. The summed E-state index contributed by atoms with van der Waals surface area (Å²) in [5.41, 5.74) is 1.10. The fourth-order valence-electron chi connectivity index (χ4n) is 2.96. The van der Waals surface area contributed by atoms with Gasteiger partial charge in [0, 0.05) is 30.5 Å². The molecule has 2 heterocycles. The van der Waals surface area contributed by atoms with Crippen LogP contribution in [0.25, 0.3) is 6.08 Å². The zero-order valence-electron chi connectivity index (χ0n) is 14.7. The fourth-order valence-corrected chi connectivity index (χ4v) is 2.96. The number of hydrogen-bond acceptors (Lipinski definition) is 4. The van der Waals surface area contributed by atoms with E-state index in [4.69, 9.17) is 4.74 Å². The monoisotopic (exact) mass is 326 g/mol. The van der Waals surface area contributed by atoms with Crippen molar-refractivity contribution in [3.05, 3.63) is 47.6 Å². The van der Waals surface area contributed by atoms with E-state index in [1.165, 1.54) is 0 Å². The van der Waals surface area contributed by atoms with Gasteiger partial charge in [0.25, 0.3) is 0 Å². The highest BCUT2D eigenvalue weighted by Crippen LogP contribution is 2.19. The molecule has 24 heavy (non-hydrogen) atoms. The summed E-state index contributed by atoms with van der Waals surface area (Å²) in [6.07, 6.45) is 6.35. The molecule has 5 nitrogen and oxygen atoms in total. The molecule has 0 unspecified atom stereocenters. The van der Waals surface area contributed by atoms with Crippen LogP contribution < -0.4 is 10.1 Å². The number of ether oxygens (including phenoxy) is 1. The second-order valence-electron chi connectivity index (χ2n) is 6.51. The standard InChI is InChI=1S/C19H26N4O/c1-14(2)19-21-18-11-10-16(13-23(18)22-19)20-12-6-8-15-7-4-5-9-17(15)24-3/h4-9,14,16,20H,10-13H2,1-3H3/b8-6-/t16-/m0/s1. The van der Waals surface area contributed by atoms with Crippen LogP contribution in [0.15, 0.2) is 30.3 Å². The SMILES string of the molecule is COc1ccccc1/C=C\CN[C@H]1CCc2nc(C(C)C)nn2C1. The average Bonchev–Trinajstić information content (AvgIpc) is 3.02. The minimum absolute atomic E-state index is 0.387. The molecule has 3 rings (SSSR count). The van der Waals surface area contributed by atoms with Crippen LogP contribution in [0.5, 0.6) is 5.75 Å². The Morgan fingerprint density at radius 3 is 3.00 bits per heavy atom. The molecule has 1 N–H and O–H groups in total. The summed E-state index contributed by atoms with van der Waals surface area (Å²) in [4.78, 5) is 4.64. The summed E-state index contributed by atoms with van der Waals surface area (Å²) in [6, 6.07) is 8.49. The molecule has 5 heteroatoms. The highest BCUT2D eigenvalue weighted by molar-refractivity contribution is 5.57. The number of methoxy groups -OCH3 is 1. The molecule has 128 valence electrons. The molecule has 1 aliphatic heterocycles. The highest BCUT2D eigenvalue weighted by Gasteiger charge is 2.21. The number of hydrogen-bond donors (Lipinski definition) is 1. The van der Waals surface area contributed by atoms with Crippen LogP contribution >= 0.6 is 0 Å². The van der Waals surface area contributed by atoms with E-state index in [0.29, 0.717) is 12.0 Å². The first kappa shape index (κ1) is 16.7. The van der Waals surface area contributed by atoms with Crippen molar-refractivity contribution in [1.82, 2.24) is 20.1 Å². The lowest BCUT2D eigenvalue weighted by Gasteiger charge is -2.23. The topological polar surface area (TPSA) is 52.0 Å². The molecule has 2 aromatic rings. The van der Waals surface area contributed by atoms with Crippen LogP contribution in [0.4, 0.5) is 0 Å². The maximum Gasteiger partial charge on any atom is 0.153 e. The van der Waals surface area contributed by atoms with Gasteiger partial charge in [0.1, 0.15) is 11.6 Å². The molecule has 0 radical (unpaired) electrons. The molecule has 0 saturated heterocycles. The lowest BCUT2D eigenvalue weighted by atomic mass is 10.1. The van der Waals surface area contributed by atoms with E-state index in [0.717, 1.165) is 48.9 Å². The van der Waals surface area contributed by atoms with Crippen molar-refractivity contribution in [2.45, 2.75) is 45.2 Å². The van der Waals surface area contributed by atoms with Crippen LogP contribution in [0.3, 0.4) is 0 Å². The van der Waals surface area contributed by atoms with Gasteiger partial charge >= 0.3 is 0 Å². The molecule has 1 aliphatic rings. The van der Waals surface area contributed by atoms with Crippen LogP contribution in [0.1, 0.15) is 43.4 Å². The molecule has 0 amide bonds. The van der Waals surface area contributed by atoms with Gasteiger partial charge in [-0.3, -0.25) is 0 Å². The van der Waals surface area contributed by atoms with Crippen molar-refractivity contribution in [2.24, 2.45) is 0 Å².